The minimum absolute atomic E-state index is 0.0247. The van der Waals surface area contributed by atoms with Crippen LogP contribution >= 0.6 is 11.6 Å². The number of hydrogen-bond acceptors (Lipinski definition) is 7. The maximum Gasteiger partial charge on any atom is 0.274 e. The van der Waals surface area contributed by atoms with Gasteiger partial charge in [-0.15, -0.1) is 0 Å². The molecule has 122 valence electrons. The minimum atomic E-state index is -0.645. The van der Waals surface area contributed by atoms with Gasteiger partial charge in [0.2, 0.25) is 5.89 Å². The van der Waals surface area contributed by atoms with Crippen LogP contribution in [0.5, 0.6) is 0 Å². The summed E-state index contributed by atoms with van der Waals surface area (Å²) in [7, 11) is 0. The van der Waals surface area contributed by atoms with Gasteiger partial charge in [0.05, 0.1) is 0 Å². The number of aryl methyl sites for hydroxylation is 1. The summed E-state index contributed by atoms with van der Waals surface area (Å²) >= 11 is 5.92. The minimum Gasteiger partial charge on any atom is -0.382 e. The molecule has 3 rings (SSSR count). The number of rotatable bonds is 4. The van der Waals surface area contributed by atoms with Crippen molar-refractivity contribution < 1.29 is 9.32 Å². The van der Waals surface area contributed by atoms with Gasteiger partial charge in [0.25, 0.3) is 5.91 Å². The van der Waals surface area contributed by atoms with E-state index in [1.807, 2.05) is 0 Å². The summed E-state index contributed by atoms with van der Waals surface area (Å²) < 4.78 is 5.01. The molecule has 3 aromatic rings. The van der Waals surface area contributed by atoms with E-state index in [1.165, 1.54) is 12.4 Å². The first-order chi connectivity index (χ1) is 11.5. The standard InChI is InChI=1S/C15H13ClN6O2/c1-8-20-14(22-24-8)11(9-2-4-10(16)5-3-9)21-15(23)12-13(17)19-7-6-18-12/h2-7,11H,1H3,(H2,17,19)(H,21,23). The normalized spacial score (nSPS) is 11.9. The molecule has 2 aromatic heterocycles. The first-order valence-corrected chi connectivity index (χ1v) is 7.35. The molecule has 3 N–H and O–H groups in total. The quantitative estimate of drug-likeness (QED) is 0.741. The smallest absolute Gasteiger partial charge is 0.274 e. The zero-order valence-electron chi connectivity index (χ0n) is 12.6. The summed E-state index contributed by atoms with van der Waals surface area (Å²) in [6.45, 7) is 1.66. The van der Waals surface area contributed by atoms with Crippen LogP contribution in [0, 0.1) is 6.92 Å². The van der Waals surface area contributed by atoms with Crippen molar-refractivity contribution in [1.29, 1.82) is 0 Å². The van der Waals surface area contributed by atoms with Gasteiger partial charge in [-0.25, -0.2) is 9.97 Å². The summed E-state index contributed by atoms with van der Waals surface area (Å²) in [4.78, 5) is 24.5. The van der Waals surface area contributed by atoms with Crippen LogP contribution in [0.3, 0.4) is 0 Å². The topological polar surface area (TPSA) is 120 Å². The molecule has 0 saturated carbocycles. The maximum atomic E-state index is 12.5. The van der Waals surface area contributed by atoms with Crippen molar-refractivity contribution in [3.05, 3.63) is 64.7 Å². The van der Waals surface area contributed by atoms with E-state index in [9.17, 15) is 4.79 Å². The predicted octanol–water partition coefficient (Wildman–Crippen LogP) is 1.92. The maximum absolute atomic E-state index is 12.5. The number of aromatic nitrogens is 4. The van der Waals surface area contributed by atoms with E-state index in [0.29, 0.717) is 16.7 Å². The molecule has 0 radical (unpaired) electrons. The summed E-state index contributed by atoms with van der Waals surface area (Å²) in [6, 6.07) is 6.30. The Morgan fingerprint density at radius 1 is 1.25 bits per heavy atom. The molecule has 2 heterocycles. The van der Waals surface area contributed by atoms with Crippen LogP contribution in [-0.2, 0) is 0 Å². The van der Waals surface area contributed by atoms with Gasteiger partial charge in [-0.05, 0) is 17.7 Å². The van der Waals surface area contributed by atoms with Crippen molar-refractivity contribution >= 4 is 23.3 Å². The number of nitrogen functional groups attached to an aromatic ring is 1. The third-order valence-electron chi connectivity index (χ3n) is 3.22. The zero-order chi connectivity index (χ0) is 17.1. The highest BCUT2D eigenvalue weighted by Gasteiger charge is 2.24. The summed E-state index contributed by atoms with van der Waals surface area (Å²) in [5, 5.41) is 7.25. The molecule has 9 heteroatoms. The molecule has 0 spiro atoms. The van der Waals surface area contributed by atoms with E-state index in [4.69, 9.17) is 21.9 Å². The number of hydrogen-bond donors (Lipinski definition) is 2. The van der Waals surface area contributed by atoms with E-state index in [-0.39, 0.29) is 11.5 Å². The number of nitrogens with two attached hydrogens (primary N) is 1. The molecule has 0 aliphatic carbocycles. The van der Waals surface area contributed by atoms with Crippen molar-refractivity contribution in [1.82, 2.24) is 25.4 Å². The molecule has 0 aliphatic heterocycles. The second-order valence-corrected chi connectivity index (χ2v) is 5.36. The highest BCUT2D eigenvalue weighted by Crippen LogP contribution is 2.22. The van der Waals surface area contributed by atoms with E-state index in [2.05, 4.69) is 25.4 Å². The first-order valence-electron chi connectivity index (χ1n) is 6.97. The largest absolute Gasteiger partial charge is 0.382 e. The van der Waals surface area contributed by atoms with Gasteiger partial charge >= 0.3 is 0 Å². The molecule has 1 atom stereocenters. The third-order valence-corrected chi connectivity index (χ3v) is 3.47. The van der Waals surface area contributed by atoms with E-state index in [1.54, 1.807) is 31.2 Å². The first kappa shape index (κ1) is 15.9. The Labute approximate surface area is 142 Å². The molecule has 1 unspecified atom stereocenters. The van der Waals surface area contributed by atoms with Gasteiger partial charge in [-0.3, -0.25) is 4.79 Å². The third kappa shape index (κ3) is 3.33. The Bertz CT molecular complexity index is 864. The van der Waals surface area contributed by atoms with Crippen molar-refractivity contribution in [2.75, 3.05) is 5.73 Å². The summed E-state index contributed by atoms with van der Waals surface area (Å²) in [5.74, 6) is 0.236. The van der Waals surface area contributed by atoms with Crippen molar-refractivity contribution in [3.8, 4) is 0 Å². The van der Waals surface area contributed by atoms with Crippen LogP contribution in [0.4, 0.5) is 5.82 Å². The average Bonchev–Trinajstić information content (AvgIpc) is 3.00. The molecular weight excluding hydrogens is 332 g/mol. The highest BCUT2D eigenvalue weighted by atomic mass is 35.5. The molecule has 0 aliphatic rings. The van der Waals surface area contributed by atoms with E-state index >= 15 is 0 Å². The molecular formula is C15H13ClN6O2. The molecule has 1 amide bonds. The molecule has 24 heavy (non-hydrogen) atoms. The molecule has 0 fully saturated rings. The van der Waals surface area contributed by atoms with Gasteiger partial charge in [-0.2, -0.15) is 4.98 Å². The van der Waals surface area contributed by atoms with Crippen LogP contribution in [0.1, 0.15) is 33.8 Å². The average molecular weight is 345 g/mol. The second kappa shape index (κ2) is 6.63. The monoisotopic (exact) mass is 344 g/mol. The molecule has 0 saturated heterocycles. The number of amides is 1. The Kier molecular flexibility index (Phi) is 4.39. The predicted molar refractivity (Wildman–Crippen MR) is 86.2 cm³/mol. The number of anilines is 1. The van der Waals surface area contributed by atoms with Gasteiger partial charge in [0, 0.05) is 24.3 Å². The Hall–Kier alpha value is -3.00. The van der Waals surface area contributed by atoms with Crippen LogP contribution in [0.2, 0.25) is 5.02 Å². The fourth-order valence-corrected chi connectivity index (χ4v) is 2.23. The van der Waals surface area contributed by atoms with Crippen molar-refractivity contribution in [2.24, 2.45) is 0 Å². The van der Waals surface area contributed by atoms with E-state index < -0.39 is 11.9 Å². The van der Waals surface area contributed by atoms with Crippen molar-refractivity contribution in [3.63, 3.8) is 0 Å². The Morgan fingerprint density at radius 2 is 1.96 bits per heavy atom. The van der Waals surface area contributed by atoms with Gasteiger partial charge in [0.1, 0.15) is 6.04 Å². The lowest BCUT2D eigenvalue weighted by Crippen LogP contribution is -2.31. The number of nitrogens with zero attached hydrogens (tertiary/aromatic N) is 4. The lowest BCUT2D eigenvalue weighted by Gasteiger charge is -2.16. The second-order valence-electron chi connectivity index (χ2n) is 4.92. The highest BCUT2D eigenvalue weighted by molar-refractivity contribution is 6.30. The molecule has 0 bridgehead atoms. The summed E-state index contributed by atoms with van der Waals surface area (Å²) in [6.07, 6.45) is 2.80. The number of halogens is 1. The van der Waals surface area contributed by atoms with E-state index in [0.717, 1.165) is 5.56 Å². The Balaban J connectivity index is 1.95. The Morgan fingerprint density at radius 3 is 2.58 bits per heavy atom. The fraction of sp³-hybridized carbons (Fsp3) is 0.133. The number of nitrogens with one attached hydrogen (secondary N) is 1. The lowest BCUT2D eigenvalue weighted by atomic mass is 10.1. The lowest BCUT2D eigenvalue weighted by molar-refractivity contribution is 0.0937. The van der Waals surface area contributed by atoms with Gasteiger partial charge < -0.3 is 15.6 Å². The SMILES string of the molecule is Cc1nc(C(NC(=O)c2nccnc2N)c2ccc(Cl)cc2)no1. The van der Waals surface area contributed by atoms with Gasteiger partial charge in [0.15, 0.2) is 17.3 Å². The van der Waals surface area contributed by atoms with Crippen LogP contribution < -0.4 is 11.1 Å². The van der Waals surface area contributed by atoms with Crippen LogP contribution in [0.15, 0.2) is 41.2 Å². The molecule has 8 nitrogen and oxygen atoms in total. The van der Waals surface area contributed by atoms with Gasteiger partial charge in [-0.1, -0.05) is 28.9 Å². The van der Waals surface area contributed by atoms with Crippen LogP contribution in [-0.4, -0.2) is 26.0 Å². The summed E-state index contributed by atoms with van der Waals surface area (Å²) in [5.41, 5.74) is 6.45. The van der Waals surface area contributed by atoms with Crippen molar-refractivity contribution in [2.45, 2.75) is 13.0 Å². The fourth-order valence-electron chi connectivity index (χ4n) is 2.11. The number of carbonyl (C=O) groups is 1. The van der Waals surface area contributed by atoms with Crippen LogP contribution in [0.25, 0.3) is 0 Å². The molecule has 1 aromatic carbocycles. The zero-order valence-corrected chi connectivity index (χ0v) is 13.4. The number of benzene rings is 1. The number of carbonyl (C=O) groups excluding carboxylic acids is 1.